The van der Waals surface area contributed by atoms with Gasteiger partial charge < -0.3 is 15.2 Å². The molecule has 1 aromatic heterocycles. The van der Waals surface area contributed by atoms with Crippen LogP contribution in [-0.4, -0.2) is 17.0 Å². The number of carbonyl (C=O) groups excluding carboxylic acids is 2. The van der Waals surface area contributed by atoms with Crippen LogP contribution in [0.25, 0.3) is 0 Å². The third-order valence-corrected chi connectivity index (χ3v) is 3.08. The summed E-state index contributed by atoms with van der Waals surface area (Å²) in [5, 5.41) is 8.77. The molecule has 2 amide bonds. The Morgan fingerprint density at radius 2 is 2.00 bits per heavy atom. The Balaban J connectivity index is 2.12. The van der Waals surface area contributed by atoms with E-state index in [0.29, 0.717) is 22.7 Å². The van der Waals surface area contributed by atoms with Gasteiger partial charge in [0, 0.05) is 18.2 Å². The van der Waals surface area contributed by atoms with Crippen LogP contribution in [0.5, 0.6) is 0 Å². The number of hydrogen-bond acceptors (Lipinski definition) is 4. The highest BCUT2D eigenvalue weighted by molar-refractivity contribution is 5.94. The van der Waals surface area contributed by atoms with Gasteiger partial charge in [0.25, 0.3) is 0 Å². The number of halogens is 1. The second-order valence-corrected chi connectivity index (χ2v) is 4.90. The summed E-state index contributed by atoms with van der Waals surface area (Å²) in [5.74, 6) is -0.700. The minimum absolute atomic E-state index is 0.00279. The Morgan fingerprint density at radius 3 is 2.59 bits per heavy atom. The molecule has 7 heteroatoms. The predicted molar refractivity (Wildman–Crippen MR) is 79.0 cm³/mol. The van der Waals surface area contributed by atoms with E-state index in [0.717, 1.165) is 0 Å². The average Bonchev–Trinajstić information content (AvgIpc) is 2.74. The number of anilines is 2. The van der Waals surface area contributed by atoms with Gasteiger partial charge in [0.15, 0.2) is 0 Å². The number of carbonyl (C=O) groups is 2. The Kier molecular flexibility index (Phi) is 4.55. The third kappa shape index (κ3) is 3.69. The van der Waals surface area contributed by atoms with Gasteiger partial charge in [-0.3, -0.25) is 9.59 Å². The van der Waals surface area contributed by atoms with Gasteiger partial charge in [0.1, 0.15) is 11.6 Å². The minimum Gasteiger partial charge on any atom is -0.361 e. The fourth-order valence-electron chi connectivity index (χ4n) is 2.01. The smallest absolute Gasteiger partial charge is 0.229 e. The van der Waals surface area contributed by atoms with E-state index in [9.17, 15) is 14.0 Å². The van der Waals surface area contributed by atoms with E-state index in [1.807, 2.05) is 0 Å². The molecule has 0 aliphatic rings. The molecule has 0 spiro atoms. The minimum atomic E-state index is -0.582. The van der Waals surface area contributed by atoms with Crippen LogP contribution in [-0.2, 0) is 16.0 Å². The number of hydrogen-bond donors (Lipinski definition) is 2. The normalized spacial score (nSPS) is 10.4. The molecular formula is C15H16FN3O3. The van der Waals surface area contributed by atoms with Crippen molar-refractivity contribution in [2.45, 2.75) is 27.2 Å². The lowest BCUT2D eigenvalue weighted by Gasteiger charge is -2.09. The summed E-state index contributed by atoms with van der Waals surface area (Å²) in [5.41, 5.74) is 1.71. The summed E-state index contributed by atoms with van der Waals surface area (Å²) in [6, 6.07) is 3.96. The Bertz CT molecular complexity index is 705. The standard InChI is InChI=1S/C15H16FN3O3/c1-8-12(9(2)22-19-8)7-15(21)18-14-6-11(17-10(3)20)4-5-13(14)16/h4-6H,7H2,1-3H3,(H,17,20)(H,18,21). The molecule has 0 unspecified atom stereocenters. The number of aryl methyl sites for hydroxylation is 2. The van der Waals surface area contributed by atoms with Crippen LogP contribution in [0.15, 0.2) is 22.7 Å². The molecule has 1 aromatic carbocycles. The van der Waals surface area contributed by atoms with Crippen LogP contribution in [0.2, 0.25) is 0 Å². The van der Waals surface area contributed by atoms with Gasteiger partial charge in [-0.15, -0.1) is 0 Å². The Labute approximate surface area is 126 Å². The van der Waals surface area contributed by atoms with Gasteiger partial charge in [-0.25, -0.2) is 4.39 Å². The van der Waals surface area contributed by atoms with E-state index in [4.69, 9.17) is 4.52 Å². The molecule has 0 radical (unpaired) electrons. The van der Waals surface area contributed by atoms with Crippen LogP contribution >= 0.6 is 0 Å². The summed E-state index contributed by atoms with van der Waals surface area (Å²) in [4.78, 5) is 23.0. The number of benzene rings is 1. The number of amides is 2. The zero-order chi connectivity index (χ0) is 16.3. The quantitative estimate of drug-likeness (QED) is 0.909. The third-order valence-electron chi connectivity index (χ3n) is 3.08. The van der Waals surface area contributed by atoms with Gasteiger partial charge in [-0.05, 0) is 32.0 Å². The summed E-state index contributed by atoms with van der Waals surface area (Å²) in [6.07, 6.45) is 0.0327. The summed E-state index contributed by atoms with van der Waals surface area (Å²) < 4.78 is 18.7. The molecule has 2 rings (SSSR count). The number of rotatable bonds is 4. The van der Waals surface area contributed by atoms with Crippen LogP contribution in [0.1, 0.15) is 23.9 Å². The van der Waals surface area contributed by atoms with Gasteiger partial charge >= 0.3 is 0 Å². The van der Waals surface area contributed by atoms with Crippen molar-refractivity contribution in [2.24, 2.45) is 0 Å². The van der Waals surface area contributed by atoms with Crippen molar-refractivity contribution in [3.05, 3.63) is 41.0 Å². The van der Waals surface area contributed by atoms with Crippen molar-refractivity contribution in [1.82, 2.24) is 5.16 Å². The van der Waals surface area contributed by atoms with Crippen LogP contribution < -0.4 is 10.6 Å². The maximum absolute atomic E-state index is 13.7. The van der Waals surface area contributed by atoms with Crippen LogP contribution in [0.4, 0.5) is 15.8 Å². The molecule has 6 nitrogen and oxygen atoms in total. The van der Waals surface area contributed by atoms with Crippen LogP contribution in [0.3, 0.4) is 0 Å². The Hall–Kier alpha value is -2.70. The molecule has 0 aliphatic carbocycles. The fraction of sp³-hybridized carbons (Fsp3) is 0.267. The highest BCUT2D eigenvalue weighted by Gasteiger charge is 2.15. The fourth-order valence-corrected chi connectivity index (χ4v) is 2.01. The molecule has 0 fully saturated rings. The number of aromatic nitrogens is 1. The lowest BCUT2D eigenvalue weighted by molar-refractivity contribution is -0.116. The zero-order valence-corrected chi connectivity index (χ0v) is 12.5. The molecular weight excluding hydrogens is 289 g/mol. The molecule has 0 bridgehead atoms. The van der Waals surface area contributed by atoms with E-state index in [1.54, 1.807) is 13.8 Å². The zero-order valence-electron chi connectivity index (χ0n) is 12.5. The molecule has 22 heavy (non-hydrogen) atoms. The SMILES string of the molecule is CC(=O)Nc1ccc(F)c(NC(=O)Cc2c(C)noc2C)c1. The van der Waals surface area contributed by atoms with E-state index >= 15 is 0 Å². The second-order valence-electron chi connectivity index (χ2n) is 4.90. The largest absolute Gasteiger partial charge is 0.361 e. The first-order valence-corrected chi connectivity index (χ1v) is 6.65. The molecule has 0 saturated carbocycles. The van der Waals surface area contributed by atoms with Crippen molar-refractivity contribution in [3.8, 4) is 0 Å². The first-order valence-electron chi connectivity index (χ1n) is 6.65. The van der Waals surface area contributed by atoms with Crippen molar-refractivity contribution >= 4 is 23.2 Å². The first-order chi connectivity index (χ1) is 10.4. The topological polar surface area (TPSA) is 84.2 Å². The lowest BCUT2D eigenvalue weighted by atomic mass is 10.1. The lowest BCUT2D eigenvalue weighted by Crippen LogP contribution is -2.16. The van der Waals surface area contributed by atoms with Crippen molar-refractivity contribution in [2.75, 3.05) is 10.6 Å². The highest BCUT2D eigenvalue weighted by atomic mass is 19.1. The maximum Gasteiger partial charge on any atom is 0.229 e. The summed E-state index contributed by atoms with van der Waals surface area (Å²) in [6.45, 7) is 4.79. The van der Waals surface area contributed by atoms with Crippen molar-refractivity contribution in [3.63, 3.8) is 0 Å². The van der Waals surface area contributed by atoms with Gasteiger partial charge in [-0.1, -0.05) is 5.16 Å². The predicted octanol–water partition coefficient (Wildman–Crippen LogP) is 2.57. The molecule has 1 heterocycles. The Morgan fingerprint density at radius 1 is 1.27 bits per heavy atom. The number of nitrogens with one attached hydrogen (secondary N) is 2. The first kappa shape index (κ1) is 15.7. The van der Waals surface area contributed by atoms with Gasteiger partial charge in [0.2, 0.25) is 11.8 Å². The highest BCUT2D eigenvalue weighted by Crippen LogP contribution is 2.20. The molecule has 116 valence electrons. The van der Waals surface area contributed by atoms with Gasteiger partial charge in [-0.2, -0.15) is 0 Å². The van der Waals surface area contributed by atoms with E-state index in [-0.39, 0.29) is 18.0 Å². The number of nitrogens with zero attached hydrogens (tertiary/aromatic N) is 1. The monoisotopic (exact) mass is 305 g/mol. The second kappa shape index (κ2) is 6.38. The van der Waals surface area contributed by atoms with Crippen LogP contribution in [0, 0.1) is 19.7 Å². The van der Waals surface area contributed by atoms with Crippen molar-refractivity contribution < 1.29 is 18.5 Å². The van der Waals surface area contributed by atoms with Crippen molar-refractivity contribution in [1.29, 1.82) is 0 Å². The van der Waals surface area contributed by atoms with Gasteiger partial charge in [0.05, 0.1) is 17.8 Å². The maximum atomic E-state index is 13.7. The molecule has 2 aromatic rings. The van der Waals surface area contributed by atoms with E-state index in [2.05, 4.69) is 15.8 Å². The summed E-state index contributed by atoms with van der Waals surface area (Å²) in [7, 11) is 0. The van der Waals surface area contributed by atoms with E-state index < -0.39 is 11.7 Å². The van der Waals surface area contributed by atoms with E-state index in [1.165, 1.54) is 25.1 Å². The molecule has 2 N–H and O–H groups in total. The molecule has 0 aliphatic heterocycles. The summed E-state index contributed by atoms with van der Waals surface area (Å²) >= 11 is 0. The molecule has 0 atom stereocenters. The molecule has 0 saturated heterocycles. The average molecular weight is 305 g/mol.